The summed E-state index contributed by atoms with van der Waals surface area (Å²) < 4.78 is 5.91. The average Bonchev–Trinajstić information content (AvgIpc) is 2.34. The van der Waals surface area contributed by atoms with E-state index in [1.807, 2.05) is 32.9 Å². The van der Waals surface area contributed by atoms with Gasteiger partial charge in [0.2, 0.25) is 5.88 Å². The average molecular weight is 271 g/mol. The van der Waals surface area contributed by atoms with Gasteiger partial charge in [0.1, 0.15) is 17.4 Å². The number of hydrogen-bond donors (Lipinski definition) is 1. The van der Waals surface area contributed by atoms with E-state index in [0.717, 1.165) is 41.1 Å². The second-order valence-corrected chi connectivity index (χ2v) is 5.13. The van der Waals surface area contributed by atoms with Crippen LogP contribution < -0.4 is 10.5 Å². The van der Waals surface area contributed by atoms with Gasteiger partial charge in [-0.1, -0.05) is 13.0 Å². The van der Waals surface area contributed by atoms with E-state index in [4.69, 9.17) is 10.5 Å². The highest BCUT2D eigenvalue weighted by molar-refractivity contribution is 5.46. The first kappa shape index (κ1) is 14.3. The summed E-state index contributed by atoms with van der Waals surface area (Å²) in [7, 11) is 0. The summed E-state index contributed by atoms with van der Waals surface area (Å²) in [5.74, 6) is 2.55. The van der Waals surface area contributed by atoms with E-state index >= 15 is 0 Å². The summed E-state index contributed by atoms with van der Waals surface area (Å²) in [5.41, 5.74) is 9.04. The number of rotatable bonds is 4. The Morgan fingerprint density at radius 1 is 1.05 bits per heavy atom. The Bertz CT molecular complexity index is 603. The zero-order valence-corrected chi connectivity index (χ0v) is 12.5. The molecule has 0 saturated heterocycles. The van der Waals surface area contributed by atoms with Gasteiger partial charge in [0.25, 0.3) is 0 Å². The van der Waals surface area contributed by atoms with Crippen molar-refractivity contribution in [3.05, 3.63) is 40.7 Å². The molecule has 4 nitrogen and oxygen atoms in total. The van der Waals surface area contributed by atoms with E-state index < -0.39 is 0 Å². The molecule has 0 fully saturated rings. The standard InChI is InChI=1S/C16H21N3O/c1-5-6-14-18-15(17)12(4)16(19-14)20-13-8-10(2)7-11(3)9-13/h7-9H,5-6H2,1-4H3,(H2,17,18,19). The van der Waals surface area contributed by atoms with Crippen LogP contribution in [0.5, 0.6) is 11.6 Å². The van der Waals surface area contributed by atoms with Gasteiger partial charge in [-0.3, -0.25) is 0 Å². The molecule has 0 saturated carbocycles. The molecule has 0 aliphatic carbocycles. The molecule has 4 heteroatoms. The summed E-state index contributed by atoms with van der Waals surface area (Å²) in [4.78, 5) is 8.75. The van der Waals surface area contributed by atoms with Crippen LogP contribution in [0.2, 0.25) is 0 Å². The minimum atomic E-state index is 0.489. The maximum Gasteiger partial charge on any atom is 0.227 e. The lowest BCUT2D eigenvalue weighted by molar-refractivity contribution is 0.454. The smallest absolute Gasteiger partial charge is 0.227 e. The SMILES string of the molecule is CCCc1nc(N)c(C)c(Oc2cc(C)cc(C)c2)n1. The molecular formula is C16H21N3O. The van der Waals surface area contributed by atoms with Crippen molar-refractivity contribution in [1.29, 1.82) is 0 Å². The number of nitrogens with two attached hydrogens (primary N) is 1. The monoisotopic (exact) mass is 271 g/mol. The van der Waals surface area contributed by atoms with Crippen LogP contribution in [-0.2, 0) is 6.42 Å². The molecule has 20 heavy (non-hydrogen) atoms. The van der Waals surface area contributed by atoms with E-state index in [1.165, 1.54) is 0 Å². The fraction of sp³-hybridized carbons (Fsp3) is 0.375. The van der Waals surface area contributed by atoms with Gasteiger partial charge in [-0.2, -0.15) is 4.98 Å². The minimum Gasteiger partial charge on any atom is -0.439 e. The molecule has 1 aromatic heterocycles. The van der Waals surface area contributed by atoms with Crippen LogP contribution in [0, 0.1) is 20.8 Å². The molecular weight excluding hydrogens is 250 g/mol. The molecule has 0 aliphatic rings. The molecule has 1 heterocycles. The van der Waals surface area contributed by atoms with Crippen LogP contribution in [0.25, 0.3) is 0 Å². The van der Waals surface area contributed by atoms with Crippen molar-refractivity contribution in [3.63, 3.8) is 0 Å². The van der Waals surface area contributed by atoms with Crippen LogP contribution in [0.15, 0.2) is 18.2 Å². The zero-order valence-electron chi connectivity index (χ0n) is 12.5. The fourth-order valence-corrected chi connectivity index (χ4v) is 2.10. The number of aryl methyl sites for hydroxylation is 3. The first-order valence-electron chi connectivity index (χ1n) is 6.88. The Kier molecular flexibility index (Phi) is 4.23. The minimum absolute atomic E-state index is 0.489. The summed E-state index contributed by atoms with van der Waals surface area (Å²) in [6, 6.07) is 6.09. The third-order valence-electron chi connectivity index (χ3n) is 3.07. The predicted octanol–water partition coefficient (Wildman–Crippen LogP) is 3.73. The Morgan fingerprint density at radius 3 is 2.30 bits per heavy atom. The summed E-state index contributed by atoms with van der Waals surface area (Å²) in [6.07, 6.45) is 1.78. The quantitative estimate of drug-likeness (QED) is 0.920. The molecule has 1 aromatic carbocycles. The van der Waals surface area contributed by atoms with Crippen LogP contribution in [0.3, 0.4) is 0 Å². The number of nitrogens with zero attached hydrogens (tertiary/aromatic N) is 2. The van der Waals surface area contributed by atoms with Crippen LogP contribution >= 0.6 is 0 Å². The summed E-state index contributed by atoms with van der Waals surface area (Å²) in [5, 5.41) is 0. The summed E-state index contributed by atoms with van der Waals surface area (Å²) in [6.45, 7) is 8.06. The zero-order chi connectivity index (χ0) is 14.7. The first-order chi connectivity index (χ1) is 9.49. The molecule has 0 atom stereocenters. The normalized spacial score (nSPS) is 10.6. The van der Waals surface area contributed by atoms with Crippen molar-refractivity contribution >= 4 is 5.82 Å². The molecule has 2 rings (SSSR count). The second-order valence-electron chi connectivity index (χ2n) is 5.13. The van der Waals surface area contributed by atoms with E-state index in [9.17, 15) is 0 Å². The Hall–Kier alpha value is -2.10. The highest BCUT2D eigenvalue weighted by atomic mass is 16.5. The van der Waals surface area contributed by atoms with Gasteiger partial charge in [0.15, 0.2) is 0 Å². The molecule has 0 aliphatic heterocycles. The second kappa shape index (κ2) is 5.90. The van der Waals surface area contributed by atoms with E-state index in [-0.39, 0.29) is 0 Å². The molecule has 2 N–H and O–H groups in total. The highest BCUT2D eigenvalue weighted by Gasteiger charge is 2.11. The lowest BCUT2D eigenvalue weighted by Gasteiger charge is -2.12. The third-order valence-corrected chi connectivity index (χ3v) is 3.07. The van der Waals surface area contributed by atoms with Gasteiger partial charge < -0.3 is 10.5 Å². The maximum absolute atomic E-state index is 5.93. The van der Waals surface area contributed by atoms with Gasteiger partial charge in [-0.05, 0) is 50.5 Å². The first-order valence-corrected chi connectivity index (χ1v) is 6.88. The van der Waals surface area contributed by atoms with Gasteiger partial charge in [0.05, 0.1) is 5.56 Å². The van der Waals surface area contributed by atoms with Crippen molar-refractivity contribution in [1.82, 2.24) is 9.97 Å². The number of ether oxygens (including phenoxy) is 1. The van der Waals surface area contributed by atoms with Crippen LogP contribution in [0.1, 0.15) is 35.9 Å². The molecule has 0 amide bonds. The Balaban J connectivity index is 2.36. The van der Waals surface area contributed by atoms with E-state index in [2.05, 4.69) is 23.0 Å². The highest BCUT2D eigenvalue weighted by Crippen LogP contribution is 2.27. The fourth-order valence-electron chi connectivity index (χ4n) is 2.10. The van der Waals surface area contributed by atoms with Crippen molar-refractivity contribution in [3.8, 4) is 11.6 Å². The molecule has 106 valence electrons. The maximum atomic E-state index is 5.93. The number of benzene rings is 1. The van der Waals surface area contributed by atoms with Crippen molar-refractivity contribution in [2.24, 2.45) is 0 Å². The number of aromatic nitrogens is 2. The molecule has 0 spiro atoms. The summed E-state index contributed by atoms with van der Waals surface area (Å²) >= 11 is 0. The number of anilines is 1. The molecule has 0 unspecified atom stereocenters. The molecule has 0 bridgehead atoms. The van der Waals surface area contributed by atoms with Crippen molar-refractivity contribution in [2.45, 2.75) is 40.5 Å². The lowest BCUT2D eigenvalue weighted by Crippen LogP contribution is -2.05. The largest absolute Gasteiger partial charge is 0.439 e. The predicted molar refractivity (Wildman–Crippen MR) is 81.2 cm³/mol. The van der Waals surface area contributed by atoms with Gasteiger partial charge >= 0.3 is 0 Å². The van der Waals surface area contributed by atoms with E-state index in [1.54, 1.807) is 0 Å². The van der Waals surface area contributed by atoms with Crippen LogP contribution in [0.4, 0.5) is 5.82 Å². The molecule has 2 aromatic rings. The van der Waals surface area contributed by atoms with Gasteiger partial charge in [-0.25, -0.2) is 4.98 Å². The molecule has 0 radical (unpaired) electrons. The number of hydrogen-bond acceptors (Lipinski definition) is 4. The van der Waals surface area contributed by atoms with Crippen molar-refractivity contribution in [2.75, 3.05) is 5.73 Å². The Morgan fingerprint density at radius 2 is 1.70 bits per heavy atom. The third kappa shape index (κ3) is 3.26. The Labute approximate surface area is 120 Å². The van der Waals surface area contributed by atoms with Crippen LogP contribution in [-0.4, -0.2) is 9.97 Å². The lowest BCUT2D eigenvalue weighted by atomic mass is 10.1. The van der Waals surface area contributed by atoms with Gasteiger partial charge in [0, 0.05) is 6.42 Å². The number of nitrogen functional groups attached to an aromatic ring is 1. The van der Waals surface area contributed by atoms with Gasteiger partial charge in [-0.15, -0.1) is 0 Å². The topological polar surface area (TPSA) is 61.0 Å². The van der Waals surface area contributed by atoms with Crippen molar-refractivity contribution < 1.29 is 4.74 Å². The van der Waals surface area contributed by atoms with E-state index in [0.29, 0.717) is 11.7 Å².